The number of fused-ring (bicyclic) bond motifs is 3. The van der Waals surface area contributed by atoms with Crippen LogP contribution in [0.15, 0.2) is 77.7 Å². The summed E-state index contributed by atoms with van der Waals surface area (Å²) in [6.45, 7) is 7.26. The van der Waals surface area contributed by atoms with E-state index < -0.39 is 33.6 Å². The number of aromatic nitrogens is 1. The van der Waals surface area contributed by atoms with Crippen molar-refractivity contribution in [2.75, 3.05) is 13.7 Å². The van der Waals surface area contributed by atoms with Crippen molar-refractivity contribution >= 4 is 26.9 Å². The number of para-hydroxylation sites is 2. The zero-order chi connectivity index (χ0) is 27.2. The maximum absolute atomic E-state index is 14.2. The highest BCUT2D eigenvalue weighted by molar-refractivity contribution is 7.89. The largest absolute Gasteiger partial charge is 0.496 e. The fourth-order valence-electron chi connectivity index (χ4n) is 5.18. The quantitative estimate of drug-likeness (QED) is 0.333. The lowest BCUT2D eigenvalue weighted by atomic mass is 9.84. The van der Waals surface area contributed by atoms with Gasteiger partial charge in [-0.15, -0.1) is 0 Å². The molecule has 0 aliphatic carbocycles. The molecule has 0 radical (unpaired) electrons. The molecule has 8 heteroatoms. The number of carbonyl (C=O) groups is 1. The van der Waals surface area contributed by atoms with Crippen LogP contribution in [0.5, 0.6) is 5.75 Å². The van der Waals surface area contributed by atoms with Gasteiger partial charge in [0, 0.05) is 34.6 Å². The Morgan fingerprint density at radius 2 is 1.63 bits per heavy atom. The zero-order valence-electron chi connectivity index (χ0n) is 22.2. The molecule has 198 valence electrons. The van der Waals surface area contributed by atoms with Crippen LogP contribution in [0.1, 0.15) is 55.1 Å². The maximum Gasteiger partial charge on any atom is 0.331 e. The van der Waals surface area contributed by atoms with Crippen LogP contribution in [0.2, 0.25) is 0 Å². The van der Waals surface area contributed by atoms with Gasteiger partial charge in [0.25, 0.3) is 0 Å². The lowest BCUT2D eigenvalue weighted by Crippen LogP contribution is -2.47. The average Bonchev–Trinajstić information content (AvgIpc) is 3.26. The molecule has 1 N–H and O–H groups in total. The van der Waals surface area contributed by atoms with Crippen molar-refractivity contribution in [3.63, 3.8) is 0 Å². The van der Waals surface area contributed by atoms with Crippen molar-refractivity contribution in [2.24, 2.45) is 0 Å². The molecule has 5 rings (SSSR count). The van der Waals surface area contributed by atoms with Gasteiger partial charge < -0.3 is 14.5 Å². The van der Waals surface area contributed by atoms with Crippen LogP contribution in [0.3, 0.4) is 0 Å². The Kier molecular flexibility index (Phi) is 6.57. The van der Waals surface area contributed by atoms with Gasteiger partial charge in [-0.3, -0.25) is 0 Å². The molecule has 1 aliphatic heterocycles. The summed E-state index contributed by atoms with van der Waals surface area (Å²) in [6.07, 6.45) is 0. The number of sulfonamides is 1. The first-order valence-corrected chi connectivity index (χ1v) is 14.0. The van der Waals surface area contributed by atoms with E-state index in [-0.39, 0.29) is 11.4 Å². The first-order chi connectivity index (χ1) is 18.0. The minimum Gasteiger partial charge on any atom is -0.496 e. The van der Waals surface area contributed by atoms with Crippen LogP contribution in [-0.4, -0.2) is 42.9 Å². The number of ether oxygens (including phenoxy) is 2. The predicted molar refractivity (Wildman–Crippen MR) is 147 cm³/mol. The Balaban J connectivity index is 1.79. The smallest absolute Gasteiger partial charge is 0.331 e. The van der Waals surface area contributed by atoms with E-state index in [0.717, 1.165) is 27.6 Å². The molecular formula is C30H32N2O5S. The summed E-state index contributed by atoms with van der Waals surface area (Å²) < 4.78 is 41.2. The Hall–Kier alpha value is -3.62. The Bertz CT molecular complexity index is 1600. The van der Waals surface area contributed by atoms with Crippen LogP contribution in [-0.2, 0) is 19.6 Å². The number of H-pyrrole nitrogens is 1. The number of rotatable bonds is 5. The number of aryl methyl sites for hydroxylation is 1. The van der Waals surface area contributed by atoms with Gasteiger partial charge in [0.15, 0.2) is 6.04 Å². The average molecular weight is 533 g/mol. The van der Waals surface area contributed by atoms with Gasteiger partial charge >= 0.3 is 5.97 Å². The maximum atomic E-state index is 14.2. The van der Waals surface area contributed by atoms with E-state index in [1.54, 1.807) is 52.1 Å². The number of hydrogen-bond donors (Lipinski definition) is 1. The van der Waals surface area contributed by atoms with Gasteiger partial charge in [0.1, 0.15) is 11.4 Å². The summed E-state index contributed by atoms with van der Waals surface area (Å²) in [4.78, 5) is 17.3. The lowest BCUT2D eigenvalue weighted by molar-refractivity contribution is -0.160. The van der Waals surface area contributed by atoms with E-state index in [9.17, 15) is 13.2 Å². The third-order valence-corrected chi connectivity index (χ3v) is 8.67. The van der Waals surface area contributed by atoms with Crippen LogP contribution >= 0.6 is 0 Å². The molecule has 38 heavy (non-hydrogen) atoms. The molecule has 0 saturated carbocycles. The second kappa shape index (κ2) is 9.60. The summed E-state index contributed by atoms with van der Waals surface area (Å²) in [5.74, 6) is -0.368. The van der Waals surface area contributed by atoms with Crippen LogP contribution in [0, 0.1) is 6.92 Å². The fourth-order valence-corrected chi connectivity index (χ4v) is 6.75. The van der Waals surface area contributed by atoms with E-state index in [1.807, 2.05) is 55.5 Å². The third kappa shape index (κ3) is 4.59. The van der Waals surface area contributed by atoms with E-state index in [0.29, 0.717) is 11.4 Å². The van der Waals surface area contributed by atoms with E-state index in [4.69, 9.17) is 9.47 Å². The Morgan fingerprint density at radius 3 is 2.32 bits per heavy atom. The predicted octanol–water partition coefficient (Wildman–Crippen LogP) is 5.70. The number of nitrogens with zero attached hydrogens (tertiary/aromatic N) is 1. The molecule has 7 nitrogen and oxygen atoms in total. The first kappa shape index (κ1) is 26.0. The number of esters is 1. The lowest BCUT2D eigenvalue weighted by Gasteiger charge is -2.39. The molecule has 0 saturated heterocycles. The molecule has 1 aromatic heterocycles. The molecule has 2 atom stereocenters. The number of aromatic amines is 1. The number of hydrogen-bond acceptors (Lipinski definition) is 5. The second-order valence-electron chi connectivity index (χ2n) is 10.6. The van der Waals surface area contributed by atoms with E-state index in [1.165, 1.54) is 4.31 Å². The molecular weight excluding hydrogens is 500 g/mol. The summed E-state index contributed by atoms with van der Waals surface area (Å²) >= 11 is 0. The van der Waals surface area contributed by atoms with Crippen molar-refractivity contribution in [3.8, 4) is 5.75 Å². The van der Waals surface area contributed by atoms with Gasteiger partial charge in [-0.05, 0) is 57.5 Å². The second-order valence-corrected chi connectivity index (χ2v) is 12.5. The normalized spacial score (nSPS) is 18.2. The van der Waals surface area contributed by atoms with Crippen molar-refractivity contribution in [1.82, 2.24) is 9.29 Å². The molecule has 3 aromatic carbocycles. The van der Waals surface area contributed by atoms with E-state index >= 15 is 0 Å². The number of benzene rings is 3. The third-order valence-electron chi connectivity index (χ3n) is 6.82. The van der Waals surface area contributed by atoms with Crippen molar-refractivity contribution in [1.29, 1.82) is 0 Å². The van der Waals surface area contributed by atoms with Crippen molar-refractivity contribution < 1.29 is 22.7 Å². The molecule has 0 fully saturated rings. The fraction of sp³-hybridized carbons (Fsp3) is 0.300. The molecule has 2 heterocycles. The van der Waals surface area contributed by atoms with Crippen LogP contribution in [0.4, 0.5) is 0 Å². The highest BCUT2D eigenvalue weighted by Gasteiger charge is 2.48. The summed E-state index contributed by atoms with van der Waals surface area (Å²) in [7, 11) is -2.50. The molecule has 4 aromatic rings. The number of nitrogens with one attached hydrogen (secondary N) is 1. The Morgan fingerprint density at radius 1 is 0.974 bits per heavy atom. The molecule has 0 spiro atoms. The molecule has 1 aliphatic rings. The van der Waals surface area contributed by atoms with Crippen molar-refractivity contribution in [2.45, 2.75) is 50.2 Å². The van der Waals surface area contributed by atoms with Gasteiger partial charge in [-0.25, -0.2) is 13.2 Å². The van der Waals surface area contributed by atoms with Gasteiger partial charge in [0.05, 0.1) is 12.0 Å². The highest BCUT2D eigenvalue weighted by atomic mass is 32.2. The van der Waals surface area contributed by atoms with Crippen molar-refractivity contribution in [3.05, 3.63) is 95.2 Å². The summed E-state index contributed by atoms with van der Waals surface area (Å²) in [6, 6.07) is 20.8. The van der Waals surface area contributed by atoms with Gasteiger partial charge in [0.2, 0.25) is 10.0 Å². The Labute approximate surface area is 223 Å². The first-order valence-electron chi connectivity index (χ1n) is 12.6. The highest BCUT2D eigenvalue weighted by Crippen LogP contribution is 2.47. The van der Waals surface area contributed by atoms with Gasteiger partial charge in [-0.2, -0.15) is 4.31 Å². The zero-order valence-corrected chi connectivity index (χ0v) is 23.0. The molecule has 2 unspecified atom stereocenters. The topological polar surface area (TPSA) is 88.7 Å². The van der Waals surface area contributed by atoms with Crippen LogP contribution < -0.4 is 4.74 Å². The minimum absolute atomic E-state index is 0.0370. The van der Waals surface area contributed by atoms with Crippen LogP contribution in [0.25, 0.3) is 10.9 Å². The minimum atomic E-state index is -4.10. The standard InChI is InChI=1S/C30H32N2O5S/c1-19-14-16-20(17-15-19)38(34,35)32-18-23(21-10-7-9-13-25(21)36-5)26-22-11-6-8-12-24(22)31-27(26)28(32)29(33)37-30(2,3)4/h6-17,23,28,31H,18H2,1-5H3. The van der Waals surface area contributed by atoms with E-state index in [2.05, 4.69) is 4.98 Å². The molecule has 0 bridgehead atoms. The molecule has 0 amide bonds. The summed E-state index contributed by atoms with van der Waals surface area (Å²) in [5.41, 5.74) is 3.18. The summed E-state index contributed by atoms with van der Waals surface area (Å²) in [5, 5.41) is 0.930. The number of methoxy groups -OCH3 is 1. The number of carbonyl (C=O) groups excluding carboxylic acids is 1. The monoisotopic (exact) mass is 532 g/mol. The van der Waals surface area contributed by atoms with Gasteiger partial charge in [-0.1, -0.05) is 54.1 Å². The SMILES string of the molecule is COc1ccccc1C1CN(S(=O)(=O)c2ccc(C)cc2)C(C(=O)OC(C)(C)C)c2[nH]c3ccccc3c21.